The summed E-state index contributed by atoms with van der Waals surface area (Å²) in [5, 5.41) is 9.97. The lowest BCUT2D eigenvalue weighted by atomic mass is 10.1. The first-order chi connectivity index (χ1) is 18.5. The number of nitrogens with one attached hydrogen (secondary N) is 2. The van der Waals surface area contributed by atoms with E-state index in [1.807, 2.05) is 0 Å². The van der Waals surface area contributed by atoms with Crippen molar-refractivity contribution in [3.8, 4) is 5.69 Å². The SMILES string of the molecule is C=CCNc1c(C(=O)NC(C)c2nc3cccc(/C=C/C(F)(F)F)c3c(=O)n2-c2ccccc2)c(N)nn1C. The number of aromatic nitrogens is 4. The van der Waals surface area contributed by atoms with Crippen LogP contribution in [-0.4, -0.2) is 38.0 Å². The minimum absolute atomic E-state index is 0.00164. The van der Waals surface area contributed by atoms with E-state index in [-0.39, 0.29) is 39.7 Å². The molecule has 2 aromatic carbocycles. The van der Waals surface area contributed by atoms with Gasteiger partial charge in [0, 0.05) is 19.7 Å². The molecule has 0 fully saturated rings. The van der Waals surface area contributed by atoms with Crippen LogP contribution in [0, 0.1) is 0 Å². The van der Waals surface area contributed by atoms with E-state index in [9.17, 15) is 22.8 Å². The van der Waals surface area contributed by atoms with Gasteiger partial charge in [-0.25, -0.2) is 4.98 Å². The Balaban J connectivity index is 1.85. The summed E-state index contributed by atoms with van der Waals surface area (Å²) in [6.45, 7) is 5.65. The summed E-state index contributed by atoms with van der Waals surface area (Å²) >= 11 is 0. The summed E-state index contributed by atoms with van der Waals surface area (Å²) in [5.41, 5.74) is 6.21. The van der Waals surface area contributed by atoms with E-state index in [0.29, 0.717) is 18.1 Å². The Morgan fingerprint density at radius 2 is 1.90 bits per heavy atom. The van der Waals surface area contributed by atoms with Crippen molar-refractivity contribution in [2.75, 3.05) is 17.6 Å². The first-order valence-corrected chi connectivity index (χ1v) is 11.9. The van der Waals surface area contributed by atoms with Gasteiger partial charge in [-0.3, -0.25) is 18.8 Å². The number of fused-ring (bicyclic) bond motifs is 1. The number of anilines is 2. The lowest BCUT2D eigenvalue weighted by Crippen LogP contribution is -2.34. The lowest BCUT2D eigenvalue weighted by molar-refractivity contribution is -0.0790. The Morgan fingerprint density at radius 3 is 2.56 bits per heavy atom. The number of hydrogen-bond donors (Lipinski definition) is 3. The van der Waals surface area contributed by atoms with Crippen molar-refractivity contribution in [2.45, 2.75) is 19.1 Å². The second kappa shape index (κ2) is 10.9. The van der Waals surface area contributed by atoms with Gasteiger partial charge in [0.1, 0.15) is 17.2 Å². The number of carbonyl (C=O) groups is 1. The van der Waals surface area contributed by atoms with E-state index in [2.05, 4.69) is 27.3 Å². The molecule has 2 heterocycles. The van der Waals surface area contributed by atoms with Crippen molar-refractivity contribution in [3.63, 3.8) is 0 Å². The molecular formula is C27H26F3N7O2. The van der Waals surface area contributed by atoms with Crippen LogP contribution < -0.4 is 21.9 Å². The van der Waals surface area contributed by atoms with Crippen LogP contribution in [0.3, 0.4) is 0 Å². The zero-order valence-electron chi connectivity index (χ0n) is 21.2. The smallest absolute Gasteiger partial charge is 0.381 e. The first kappa shape index (κ1) is 27.2. The second-order valence-corrected chi connectivity index (χ2v) is 8.66. The molecule has 1 unspecified atom stereocenters. The number of para-hydroxylation sites is 1. The number of carbonyl (C=O) groups excluding carboxylic acids is 1. The minimum atomic E-state index is -4.56. The number of halogens is 3. The molecule has 0 saturated heterocycles. The van der Waals surface area contributed by atoms with Crippen LogP contribution in [0.4, 0.5) is 24.8 Å². The Kier molecular flexibility index (Phi) is 7.56. The van der Waals surface area contributed by atoms with Gasteiger partial charge < -0.3 is 16.4 Å². The molecule has 0 bridgehead atoms. The highest BCUT2D eigenvalue weighted by Crippen LogP contribution is 2.25. The van der Waals surface area contributed by atoms with Gasteiger partial charge in [-0.15, -0.1) is 6.58 Å². The molecule has 0 saturated carbocycles. The molecule has 4 N–H and O–H groups in total. The number of nitrogen functional groups attached to an aromatic ring is 1. The third-order valence-electron chi connectivity index (χ3n) is 5.87. The Morgan fingerprint density at radius 1 is 1.18 bits per heavy atom. The van der Waals surface area contributed by atoms with Gasteiger partial charge in [0.15, 0.2) is 5.82 Å². The van der Waals surface area contributed by atoms with Gasteiger partial charge in [-0.05, 0) is 36.8 Å². The monoisotopic (exact) mass is 537 g/mol. The largest absolute Gasteiger partial charge is 0.409 e. The number of amides is 1. The van der Waals surface area contributed by atoms with Crippen LogP contribution in [0.1, 0.15) is 34.7 Å². The molecule has 0 spiro atoms. The fraction of sp³-hybridized carbons (Fsp3) is 0.185. The Labute approximate surface area is 221 Å². The van der Waals surface area contributed by atoms with E-state index in [4.69, 9.17) is 5.73 Å². The maximum absolute atomic E-state index is 13.8. The fourth-order valence-corrected chi connectivity index (χ4v) is 4.19. The topological polar surface area (TPSA) is 120 Å². The van der Waals surface area contributed by atoms with Crippen molar-refractivity contribution in [1.29, 1.82) is 0 Å². The van der Waals surface area contributed by atoms with Gasteiger partial charge in [-0.2, -0.15) is 18.3 Å². The highest BCUT2D eigenvalue weighted by Gasteiger charge is 2.26. The molecule has 1 atom stereocenters. The number of nitrogens with two attached hydrogens (primary N) is 1. The average molecular weight is 538 g/mol. The summed E-state index contributed by atoms with van der Waals surface area (Å²) in [7, 11) is 1.63. The van der Waals surface area contributed by atoms with Crippen molar-refractivity contribution < 1.29 is 18.0 Å². The summed E-state index contributed by atoms with van der Waals surface area (Å²) in [6.07, 6.45) is -2.03. The zero-order valence-corrected chi connectivity index (χ0v) is 21.2. The van der Waals surface area contributed by atoms with Crippen molar-refractivity contribution in [2.24, 2.45) is 7.05 Å². The molecule has 202 valence electrons. The lowest BCUT2D eigenvalue weighted by Gasteiger charge is -2.20. The number of alkyl halides is 3. The second-order valence-electron chi connectivity index (χ2n) is 8.66. The van der Waals surface area contributed by atoms with E-state index >= 15 is 0 Å². The zero-order chi connectivity index (χ0) is 28.3. The molecule has 39 heavy (non-hydrogen) atoms. The highest BCUT2D eigenvalue weighted by atomic mass is 19.4. The number of benzene rings is 2. The highest BCUT2D eigenvalue weighted by molar-refractivity contribution is 6.03. The first-order valence-electron chi connectivity index (χ1n) is 11.9. The van der Waals surface area contributed by atoms with Crippen molar-refractivity contribution in [1.82, 2.24) is 24.6 Å². The van der Waals surface area contributed by atoms with Crippen LogP contribution in [0.15, 0.2) is 72.1 Å². The fourth-order valence-electron chi connectivity index (χ4n) is 4.19. The molecule has 0 aliphatic carbocycles. The van der Waals surface area contributed by atoms with Gasteiger partial charge in [0.2, 0.25) is 0 Å². The Bertz CT molecular complexity index is 1620. The summed E-state index contributed by atoms with van der Waals surface area (Å²) in [4.78, 5) is 31.8. The van der Waals surface area contributed by atoms with E-state index in [0.717, 1.165) is 6.08 Å². The summed E-state index contributed by atoms with van der Waals surface area (Å²) in [6, 6.07) is 12.1. The minimum Gasteiger partial charge on any atom is -0.381 e. The Hall–Kier alpha value is -4.87. The molecule has 4 aromatic rings. The number of nitrogens with zero attached hydrogens (tertiary/aromatic N) is 4. The van der Waals surface area contributed by atoms with Crippen molar-refractivity contribution >= 4 is 34.5 Å². The maximum Gasteiger partial charge on any atom is 0.409 e. The van der Waals surface area contributed by atoms with E-state index < -0.39 is 23.7 Å². The van der Waals surface area contributed by atoms with Gasteiger partial charge in [0.25, 0.3) is 11.5 Å². The number of rotatable bonds is 8. The van der Waals surface area contributed by atoms with Crippen LogP contribution >= 0.6 is 0 Å². The summed E-state index contributed by atoms with van der Waals surface area (Å²) < 4.78 is 41.4. The molecule has 2 aromatic heterocycles. The molecule has 1 amide bonds. The quantitative estimate of drug-likeness (QED) is 0.287. The predicted octanol–water partition coefficient (Wildman–Crippen LogP) is 4.37. The molecule has 0 aliphatic heterocycles. The van der Waals surface area contributed by atoms with Crippen LogP contribution in [-0.2, 0) is 7.05 Å². The normalized spacial score (nSPS) is 12.5. The number of hydrogen-bond acceptors (Lipinski definition) is 6. The maximum atomic E-state index is 13.8. The average Bonchev–Trinajstić information content (AvgIpc) is 3.18. The van der Waals surface area contributed by atoms with E-state index in [1.54, 1.807) is 50.4 Å². The van der Waals surface area contributed by atoms with Crippen molar-refractivity contribution in [3.05, 3.63) is 94.6 Å². The molecule has 9 nitrogen and oxygen atoms in total. The standard InChI is InChI=1S/C27H26F3N7O2/c1-4-15-32-24-21(22(31)35-36(24)3)25(38)33-16(2)23-34-19-12-8-9-17(13-14-27(28,29)30)20(19)26(39)37(23)18-10-6-5-7-11-18/h4-14,16,32H,1,15H2,2-3H3,(H2,31,35)(H,33,38)/b14-13+. The van der Waals surface area contributed by atoms with E-state index in [1.165, 1.54) is 27.4 Å². The third kappa shape index (κ3) is 5.69. The van der Waals surface area contributed by atoms with Gasteiger partial charge in [0.05, 0.1) is 22.6 Å². The number of aryl methyl sites for hydroxylation is 1. The van der Waals surface area contributed by atoms with Gasteiger partial charge in [-0.1, -0.05) is 36.4 Å². The van der Waals surface area contributed by atoms with Crippen LogP contribution in [0.5, 0.6) is 0 Å². The molecule has 0 radical (unpaired) electrons. The molecule has 12 heteroatoms. The number of allylic oxidation sites excluding steroid dienone is 1. The molecular weight excluding hydrogens is 511 g/mol. The predicted molar refractivity (Wildman–Crippen MR) is 145 cm³/mol. The molecule has 4 rings (SSSR count). The third-order valence-corrected chi connectivity index (χ3v) is 5.87. The van der Waals surface area contributed by atoms with Crippen LogP contribution in [0.2, 0.25) is 0 Å². The summed E-state index contributed by atoms with van der Waals surface area (Å²) in [5.74, 6) is -0.00515. The van der Waals surface area contributed by atoms with Gasteiger partial charge >= 0.3 is 6.18 Å². The molecule has 0 aliphatic rings. The van der Waals surface area contributed by atoms with Crippen LogP contribution in [0.25, 0.3) is 22.7 Å².